The summed E-state index contributed by atoms with van der Waals surface area (Å²) in [5.74, 6) is 2.90. The van der Waals surface area contributed by atoms with Crippen LogP contribution in [-0.2, 0) is 0 Å². The molecule has 2 aliphatic rings. The van der Waals surface area contributed by atoms with Crippen LogP contribution >= 0.6 is 15.9 Å². The Morgan fingerprint density at radius 3 is 2.90 bits per heavy atom. The van der Waals surface area contributed by atoms with Crippen LogP contribution in [0, 0.1) is 0 Å². The number of carbonyl (C=O) groups is 1. The van der Waals surface area contributed by atoms with Crippen molar-refractivity contribution in [3.05, 3.63) is 52.3 Å². The van der Waals surface area contributed by atoms with Crippen LogP contribution in [0.5, 0.6) is 17.2 Å². The maximum absolute atomic E-state index is 13.1. The molecule has 1 aromatic heterocycles. The van der Waals surface area contributed by atoms with E-state index >= 15 is 0 Å². The van der Waals surface area contributed by atoms with Gasteiger partial charge in [-0.25, -0.2) is 0 Å². The second kappa shape index (κ2) is 8.22. The van der Waals surface area contributed by atoms with Gasteiger partial charge in [0.2, 0.25) is 18.6 Å². The van der Waals surface area contributed by atoms with Crippen LogP contribution < -0.4 is 14.2 Å². The lowest BCUT2D eigenvalue weighted by atomic mass is 9.97. The Labute approximate surface area is 187 Å². The van der Waals surface area contributed by atoms with E-state index in [-0.39, 0.29) is 18.6 Å². The monoisotopic (exact) mass is 485 g/mol. The number of fused-ring (bicyclic) bond motifs is 1. The summed E-state index contributed by atoms with van der Waals surface area (Å²) < 4.78 is 22.8. The minimum atomic E-state index is -0.0500. The van der Waals surface area contributed by atoms with Crippen LogP contribution in [0.15, 0.2) is 45.3 Å². The highest BCUT2D eigenvalue weighted by Gasteiger charge is 2.30. The standard InChI is InChI=1S/C22H20BrN3O5/c1-28-15-5-6-17(23)16(10-15)22(27)26-8-2-3-14(11-26)21-25-24-20(31-21)13-4-7-18-19(9-13)30-12-29-18/h4-7,9-10,14H,2-3,8,11-12H2,1H3. The molecule has 0 N–H and O–H groups in total. The Kier molecular flexibility index (Phi) is 5.27. The van der Waals surface area contributed by atoms with Gasteiger partial charge in [-0.1, -0.05) is 0 Å². The highest BCUT2D eigenvalue weighted by Crippen LogP contribution is 2.36. The van der Waals surface area contributed by atoms with Gasteiger partial charge in [-0.05, 0) is 65.2 Å². The van der Waals surface area contributed by atoms with Gasteiger partial charge in [-0.15, -0.1) is 10.2 Å². The normalized spacial score (nSPS) is 17.6. The number of halogens is 1. The van der Waals surface area contributed by atoms with Crippen LogP contribution in [0.4, 0.5) is 0 Å². The van der Waals surface area contributed by atoms with Crippen molar-refractivity contribution in [2.24, 2.45) is 0 Å². The number of ether oxygens (including phenoxy) is 3. The molecule has 5 rings (SSSR count). The van der Waals surface area contributed by atoms with E-state index in [9.17, 15) is 4.79 Å². The van der Waals surface area contributed by atoms with E-state index in [1.54, 1.807) is 13.2 Å². The first kappa shape index (κ1) is 19.9. The number of likely N-dealkylation sites (tertiary alicyclic amines) is 1. The number of hydrogen-bond acceptors (Lipinski definition) is 7. The number of methoxy groups -OCH3 is 1. The van der Waals surface area contributed by atoms with E-state index in [1.807, 2.05) is 35.2 Å². The van der Waals surface area contributed by atoms with Crippen LogP contribution in [0.1, 0.15) is 35.0 Å². The van der Waals surface area contributed by atoms with Gasteiger partial charge in [0.25, 0.3) is 5.91 Å². The predicted molar refractivity (Wildman–Crippen MR) is 114 cm³/mol. The van der Waals surface area contributed by atoms with Crippen LogP contribution in [-0.4, -0.2) is 48.0 Å². The van der Waals surface area contributed by atoms with E-state index in [2.05, 4.69) is 26.1 Å². The second-order valence-corrected chi connectivity index (χ2v) is 8.30. The van der Waals surface area contributed by atoms with Gasteiger partial charge >= 0.3 is 0 Å². The Bertz CT molecular complexity index is 1130. The molecule has 2 aromatic carbocycles. The van der Waals surface area contributed by atoms with Crippen molar-refractivity contribution in [2.75, 3.05) is 27.0 Å². The van der Waals surface area contributed by atoms with Gasteiger partial charge < -0.3 is 23.5 Å². The molecule has 31 heavy (non-hydrogen) atoms. The number of rotatable bonds is 4. The fraction of sp³-hybridized carbons (Fsp3) is 0.318. The summed E-state index contributed by atoms with van der Waals surface area (Å²) in [4.78, 5) is 15.0. The van der Waals surface area contributed by atoms with Gasteiger partial charge in [0, 0.05) is 23.1 Å². The molecule has 8 nitrogen and oxygen atoms in total. The summed E-state index contributed by atoms with van der Waals surface area (Å²) in [6.07, 6.45) is 1.74. The Balaban J connectivity index is 1.34. The molecule has 0 radical (unpaired) electrons. The van der Waals surface area contributed by atoms with E-state index in [4.69, 9.17) is 18.6 Å². The first-order valence-electron chi connectivity index (χ1n) is 9.98. The third-order valence-electron chi connectivity index (χ3n) is 5.52. The third kappa shape index (κ3) is 3.85. The number of hydrogen-bond donors (Lipinski definition) is 0. The lowest BCUT2D eigenvalue weighted by molar-refractivity contribution is 0.0697. The highest BCUT2D eigenvalue weighted by atomic mass is 79.9. The third-order valence-corrected chi connectivity index (χ3v) is 6.21. The van der Waals surface area contributed by atoms with Crippen molar-refractivity contribution in [2.45, 2.75) is 18.8 Å². The van der Waals surface area contributed by atoms with Gasteiger partial charge in [0.15, 0.2) is 11.5 Å². The van der Waals surface area contributed by atoms with Crippen molar-refractivity contribution in [3.8, 4) is 28.7 Å². The zero-order valence-electron chi connectivity index (χ0n) is 16.8. The van der Waals surface area contributed by atoms with E-state index in [0.29, 0.717) is 47.7 Å². The Morgan fingerprint density at radius 2 is 2.03 bits per heavy atom. The fourth-order valence-electron chi connectivity index (χ4n) is 3.87. The number of amides is 1. The topological polar surface area (TPSA) is 86.9 Å². The molecule has 1 amide bonds. The Hall–Kier alpha value is -3.07. The van der Waals surface area contributed by atoms with E-state index in [0.717, 1.165) is 22.9 Å². The number of benzene rings is 2. The van der Waals surface area contributed by atoms with Crippen molar-refractivity contribution in [3.63, 3.8) is 0 Å². The molecule has 0 bridgehead atoms. The van der Waals surface area contributed by atoms with Crippen LogP contribution in [0.3, 0.4) is 0 Å². The highest BCUT2D eigenvalue weighted by molar-refractivity contribution is 9.10. The van der Waals surface area contributed by atoms with Gasteiger partial charge in [0.05, 0.1) is 18.6 Å². The van der Waals surface area contributed by atoms with Gasteiger partial charge in [-0.2, -0.15) is 0 Å². The maximum atomic E-state index is 13.1. The lowest BCUT2D eigenvalue weighted by Crippen LogP contribution is -2.39. The number of piperidine rings is 1. The molecule has 2 aliphatic heterocycles. The van der Waals surface area contributed by atoms with Crippen LogP contribution in [0.25, 0.3) is 11.5 Å². The van der Waals surface area contributed by atoms with Crippen molar-refractivity contribution in [1.82, 2.24) is 15.1 Å². The molecule has 1 unspecified atom stereocenters. The average molecular weight is 486 g/mol. The molecule has 1 saturated heterocycles. The minimum Gasteiger partial charge on any atom is -0.497 e. The average Bonchev–Trinajstić information content (AvgIpc) is 3.48. The molecule has 9 heteroatoms. The maximum Gasteiger partial charge on any atom is 0.255 e. The molecule has 160 valence electrons. The Morgan fingerprint density at radius 1 is 1.16 bits per heavy atom. The summed E-state index contributed by atoms with van der Waals surface area (Å²) in [5.41, 5.74) is 1.35. The SMILES string of the molecule is COc1ccc(Br)c(C(=O)N2CCCC(c3nnc(-c4ccc5c(c4)OCO5)o3)C2)c1. The molecule has 3 heterocycles. The fourth-order valence-corrected chi connectivity index (χ4v) is 4.29. The number of aromatic nitrogens is 2. The molecular weight excluding hydrogens is 466 g/mol. The summed E-state index contributed by atoms with van der Waals surface area (Å²) in [7, 11) is 1.59. The quantitative estimate of drug-likeness (QED) is 0.545. The second-order valence-electron chi connectivity index (χ2n) is 7.45. The van der Waals surface area contributed by atoms with Gasteiger partial charge in [-0.3, -0.25) is 4.79 Å². The summed E-state index contributed by atoms with van der Waals surface area (Å²) in [6, 6.07) is 10.9. The summed E-state index contributed by atoms with van der Waals surface area (Å²) >= 11 is 3.47. The van der Waals surface area contributed by atoms with Crippen molar-refractivity contribution < 1.29 is 23.4 Å². The largest absolute Gasteiger partial charge is 0.497 e. The first-order valence-corrected chi connectivity index (χ1v) is 10.8. The molecule has 3 aromatic rings. The smallest absolute Gasteiger partial charge is 0.255 e. The van der Waals surface area contributed by atoms with Crippen LogP contribution in [0.2, 0.25) is 0 Å². The minimum absolute atomic E-state index is 0.0163. The zero-order chi connectivity index (χ0) is 21.4. The summed E-state index contributed by atoms with van der Waals surface area (Å²) in [5, 5.41) is 8.48. The molecule has 0 spiro atoms. The first-order chi connectivity index (χ1) is 15.1. The molecule has 1 atom stereocenters. The zero-order valence-corrected chi connectivity index (χ0v) is 18.4. The van der Waals surface area contributed by atoms with Crippen molar-refractivity contribution >= 4 is 21.8 Å². The molecular formula is C22H20BrN3O5. The summed E-state index contributed by atoms with van der Waals surface area (Å²) in [6.45, 7) is 1.41. The van der Waals surface area contributed by atoms with E-state index < -0.39 is 0 Å². The van der Waals surface area contributed by atoms with Gasteiger partial charge in [0.1, 0.15) is 5.75 Å². The molecule has 0 aliphatic carbocycles. The van der Waals surface area contributed by atoms with E-state index in [1.165, 1.54) is 0 Å². The lowest BCUT2D eigenvalue weighted by Gasteiger charge is -2.31. The molecule has 1 fully saturated rings. The molecule has 0 saturated carbocycles. The number of carbonyl (C=O) groups excluding carboxylic acids is 1. The van der Waals surface area contributed by atoms with Crippen molar-refractivity contribution in [1.29, 1.82) is 0 Å². The number of nitrogens with zero attached hydrogens (tertiary/aromatic N) is 3. The predicted octanol–water partition coefficient (Wildman–Crippen LogP) is 4.26.